The maximum atomic E-state index is 13.4. The lowest BCUT2D eigenvalue weighted by atomic mass is 10.0. The van der Waals surface area contributed by atoms with Gasteiger partial charge in [0.15, 0.2) is 11.5 Å². The van der Waals surface area contributed by atoms with Crippen LogP contribution in [-0.4, -0.2) is 30.1 Å². The van der Waals surface area contributed by atoms with Crippen molar-refractivity contribution >= 4 is 28.1 Å². The van der Waals surface area contributed by atoms with Crippen molar-refractivity contribution in [3.63, 3.8) is 0 Å². The number of nitrogens with two attached hydrogens (primary N) is 2. The molecule has 0 aliphatic carbocycles. The Labute approximate surface area is 233 Å². The Kier molecular flexibility index (Phi) is 7.43. The van der Waals surface area contributed by atoms with Crippen LogP contribution in [0, 0.1) is 11.8 Å². The number of aryl methyl sites for hydroxylation is 1. The number of H-pyrrole nitrogens is 1. The number of fused-ring (bicyclic) bond motifs is 2. The number of nitrogens with one attached hydrogen (secondary N) is 1. The summed E-state index contributed by atoms with van der Waals surface area (Å²) < 4.78 is 3.17. The molecular formula is C31H25N7O3. The molecular weight excluding hydrogens is 518 g/mol. The van der Waals surface area contributed by atoms with Gasteiger partial charge in [-0.15, -0.1) is 5.10 Å². The zero-order valence-corrected chi connectivity index (χ0v) is 22.0. The van der Waals surface area contributed by atoms with Crippen LogP contribution in [0.1, 0.15) is 34.1 Å². The van der Waals surface area contributed by atoms with Gasteiger partial charge >= 0.3 is 0 Å². The predicted molar refractivity (Wildman–Crippen MR) is 158 cm³/mol. The summed E-state index contributed by atoms with van der Waals surface area (Å²) in [5.41, 5.74) is 14.0. The van der Waals surface area contributed by atoms with Crippen molar-refractivity contribution in [2.45, 2.75) is 13.3 Å². The summed E-state index contributed by atoms with van der Waals surface area (Å²) in [5, 5.41) is 5.34. The standard InChI is InChI=1S/C24H18N2O2.C7H7N5O/c1-2-20-15-19-8-6-7-18(13-11-17-12-14-22(27)25-16-17)23(19)24(28)26(20)21-9-4-3-5-10-21;8-5-4(6(9)13)7-10-2-1-3-12(7)11-5/h3-10,12,14-16H,2H2,1H3,(H,25,27);1-3H,(H2,8,11)(H2,9,13). The number of para-hydroxylation sites is 1. The van der Waals surface area contributed by atoms with Gasteiger partial charge in [0.1, 0.15) is 5.56 Å². The lowest BCUT2D eigenvalue weighted by Crippen LogP contribution is -2.22. The summed E-state index contributed by atoms with van der Waals surface area (Å²) in [6.07, 6.45) is 5.50. The second-order valence-corrected chi connectivity index (χ2v) is 8.94. The van der Waals surface area contributed by atoms with Crippen molar-refractivity contribution in [3.8, 4) is 17.5 Å². The van der Waals surface area contributed by atoms with Crippen molar-refractivity contribution in [1.29, 1.82) is 0 Å². The van der Waals surface area contributed by atoms with Gasteiger partial charge in [0.2, 0.25) is 5.56 Å². The van der Waals surface area contributed by atoms with E-state index >= 15 is 0 Å². The van der Waals surface area contributed by atoms with Gasteiger partial charge in [0, 0.05) is 47.2 Å². The highest BCUT2D eigenvalue weighted by Crippen LogP contribution is 2.19. The van der Waals surface area contributed by atoms with Gasteiger partial charge in [0.05, 0.1) is 5.39 Å². The third-order valence-electron chi connectivity index (χ3n) is 6.29. The number of benzene rings is 2. The van der Waals surface area contributed by atoms with Gasteiger partial charge in [0.25, 0.3) is 11.5 Å². The van der Waals surface area contributed by atoms with Crippen LogP contribution in [0.4, 0.5) is 5.82 Å². The molecule has 0 saturated carbocycles. The summed E-state index contributed by atoms with van der Waals surface area (Å²) in [4.78, 5) is 42.1. The third-order valence-corrected chi connectivity index (χ3v) is 6.29. The third kappa shape index (κ3) is 5.46. The molecule has 4 heterocycles. The number of aromatic amines is 1. The highest BCUT2D eigenvalue weighted by molar-refractivity contribution is 6.03. The minimum absolute atomic E-state index is 0.0769. The maximum absolute atomic E-state index is 13.4. The molecule has 0 radical (unpaired) electrons. The summed E-state index contributed by atoms with van der Waals surface area (Å²) in [6, 6.07) is 22.2. The molecule has 10 nitrogen and oxygen atoms in total. The molecule has 0 aliphatic rings. The van der Waals surface area contributed by atoms with E-state index in [1.165, 1.54) is 10.6 Å². The highest BCUT2D eigenvalue weighted by Gasteiger charge is 2.15. The van der Waals surface area contributed by atoms with Crippen LogP contribution in [0.25, 0.3) is 22.1 Å². The van der Waals surface area contributed by atoms with Crippen LogP contribution in [0.15, 0.2) is 101 Å². The Bertz CT molecular complexity index is 2060. The molecule has 0 atom stereocenters. The average Bonchev–Trinajstić information content (AvgIpc) is 3.33. The summed E-state index contributed by atoms with van der Waals surface area (Å²) in [5.74, 6) is 5.61. The molecule has 41 heavy (non-hydrogen) atoms. The van der Waals surface area contributed by atoms with E-state index in [1.807, 2.05) is 55.5 Å². The van der Waals surface area contributed by atoms with Gasteiger partial charge in [-0.2, -0.15) is 0 Å². The number of anilines is 1. The van der Waals surface area contributed by atoms with Gasteiger partial charge in [-0.25, -0.2) is 9.50 Å². The first-order valence-corrected chi connectivity index (χ1v) is 12.7. The number of carbonyl (C=O) groups is 1. The second kappa shape index (κ2) is 11.4. The van der Waals surface area contributed by atoms with Crippen LogP contribution < -0.4 is 22.6 Å². The Balaban J connectivity index is 0.000000216. The topological polar surface area (TPSA) is 154 Å². The van der Waals surface area contributed by atoms with Gasteiger partial charge in [-0.3, -0.25) is 19.0 Å². The Morgan fingerprint density at radius 1 is 1.00 bits per heavy atom. The Morgan fingerprint density at radius 3 is 2.51 bits per heavy atom. The van der Waals surface area contributed by atoms with Crippen molar-refractivity contribution in [2.24, 2.45) is 5.73 Å². The molecule has 4 aromatic heterocycles. The largest absolute Gasteiger partial charge is 0.381 e. The number of hydrogen-bond donors (Lipinski definition) is 3. The monoisotopic (exact) mass is 543 g/mol. The maximum Gasteiger partial charge on any atom is 0.264 e. The normalized spacial score (nSPS) is 10.5. The molecule has 202 valence electrons. The zero-order chi connectivity index (χ0) is 28.9. The molecule has 0 bridgehead atoms. The molecule has 0 fully saturated rings. The summed E-state index contributed by atoms with van der Waals surface area (Å²) in [6.45, 7) is 2.04. The average molecular weight is 544 g/mol. The Hall–Kier alpha value is -5.95. The van der Waals surface area contributed by atoms with E-state index in [9.17, 15) is 14.4 Å². The molecule has 0 saturated heterocycles. The first-order chi connectivity index (χ1) is 19.9. The zero-order valence-electron chi connectivity index (χ0n) is 22.0. The van der Waals surface area contributed by atoms with E-state index in [4.69, 9.17) is 11.5 Å². The van der Waals surface area contributed by atoms with Crippen molar-refractivity contribution in [3.05, 3.63) is 134 Å². The molecule has 2 aromatic carbocycles. The lowest BCUT2D eigenvalue weighted by Gasteiger charge is -2.14. The molecule has 6 rings (SSSR count). The number of nitrogens with zero attached hydrogens (tertiary/aromatic N) is 4. The van der Waals surface area contributed by atoms with E-state index in [1.54, 1.807) is 35.3 Å². The fourth-order valence-electron chi connectivity index (χ4n) is 4.41. The smallest absolute Gasteiger partial charge is 0.264 e. The van der Waals surface area contributed by atoms with Crippen LogP contribution in [-0.2, 0) is 6.42 Å². The van der Waals surface area contributed by atoms with Crippen molar-refractivity contribution in [2.75, 3.05) is 5.73 Å². The molecule has 5 N–H and O–H groups in total. The summed E-state index contributed by atoms with van der Waals surface area (Å²) in [7, 11) is 0. The number of rotatable bonds is 3. The van der Waals surface area contributed by atoms with Gasteiger partial charge in [-0.1, -0.05) is 49.1 Å². The quantitative estimate of drug-likeness (QED) is 0.292. The van der Waals surface area contributed by atoms with Crippen molar-refractivity contribution < 1.29 is 4.79 Å². The fourth-order valence-corrected chi connectivity index (χ4v) is 4.41. The van der Waals surface area contributed by atoms with Crippen LogP contribution >= 0.6 is 0 Å². The fraction of sp³-hybridized carbons (Fsp3) is 0.0645. The molecule has 10 heteroatoms. The van der Waals surface area contributed by atoms with E-state index in [0.29, 0.717) is 22.2 Å². The first kappa shape index (κ1) is 26.6. The van der Waals surface area contributed by atoms with Crippen LogP contribution in [0.5, 0.6) is 0 Å². The van der Waals surface area contributed by atoms with E-state index in [0.717, 1.165) is 23.2 Å². The number of hydrogen-bond acceptors (Lipinski definition) is 6. The van der Waals surface area contributed by atoms with Crippen LogP contribution in [0.2, 0.25) is 0 Å². The molecule has 0 unspecified atom stereocenters. The van der Waals surface area contributed by atoms with Crippen LogP contribution in [0.3, 0.4) is 0 Å². The predicted octanol–water partition coefficient (Wildman–Crippen LogP) is 3.05. The van der Waals surface area contributed by atoms with E-state index < -0.39 is 5.91 Å². The van der Waals surface area contributed by atoms with Gasteiger partial charge in [-0.05, 0) is 48.2 Å². The lowest BCUT2D eigenvalue weighted by molar-refractivity contribution is 0.100. The summed E-state index contributed by atoms with van der Waals surface area (Å²) >= 11 is 0. The first-order valence-electron chi connectivity index (χ1n) is 12.7. The molecule has 1 amide bonds. The Morgan fingerprint density at radius 2 is 1.80 bits per heavy atom. The van der Waals surface area contributed by atoms with Crippen molar-refractivity contribution in [1.82, 2.24) is 24.1 Å². The number of aromatic nitrogens is 5. The number of carbonyl (C=O) groups excluding carboxylic acids is 1. The minimum atomic E-state index is -0.619. The highest BCUT2D eigenvalue weighted by atomic mass is 16.1. The minimum Gasteiger partial charge on any atom is -0.381 e. The molecule has 0 aliphatic heterocycles. The van der Waals surface area contributed by atoms with E-state index in [-0.39, 0.29) is 22.5 Å². The number of pyridine rings is 2. The number of primary amides is 1. The second-order valence-electron chi connectivity index (χ2n) is 8.94. The number of nitrogen functional groups attached to an aromatic ring is 1. The number of amides is 1. The van der Waals surface area contributed by atoms with E-state index in [2.05, 4.69) is 33.0 Å². The SMILES string of the molecule is CCc1cc2cccc(C#Cc3ccc(=O)[nH]c3)c2c(=O)n1-c1ccccc1.NC(=O)c1c(N)nn2cccnc12. The molecule has 0 spiro atoms. The van der Waals surface area contributed by atoms with Gasteiger partial charge < -0.3 is 16.5 Å². The molecule has 6 aromatic rings.